The Bertz CT molecular complexity index is 657. The van der Waals surface area contributed by atoms with Gasteiger partial charge < -0.3 is 10.7 Å². The topological polar surface area (TPSA) is 97.5 Å². The van der Waals surface area contributed by atoms with Crippen LogP contribution in [0.1, 0.15) is 11.4 Å². The molecule has 2 aromatic rings. The molecule has 2 rings (SSSR count). The summed E-state index contributed by atoms with van der Waals surface area (Å²) in [5, 5.41) is 1.40. The minimum Gasteiger partial charge on any atom is -0.383 e. The van der Waals surface area contributed by atoms with Crippen LogP contribution in [0.4, 0.5) is 5.82 Å². The highest BCUT2D eigenvalue weighted by Gasteiger charge is 2.10. The van der Waals surface area contributed by atoms with Crippen molar-refractivity contribution in [1.82, 2.24) is 19.9 Å². The van der Waals surface area contributed by atoms with Gasteiger partial charge in [0.25, 0.3) is 5.56 Å². The summed E-state index contributed by atoms with van der Waals surface area (Å²) in [4.78, 5) is 26.1. The van der Waals surface area contributed by atoms with Crippen LogP contribution in [0.15, 0.2) is 21.0 Å². The first-order valence-electron chi connectivity index (χ1n) is 5.01. The monoisotopic (exact) mass is 283 g/mol. The third-order valence-corrected chi connectivity index (χ3v) is 3.43. The molecule has 6 nitrogen and oxygen atoms in total. The molecule has 0 bridgehead atoms. The number of rotatable bonds is 2. The Hall–Kier alpha value is -1.60. The zero-order valence-electron chi connectivity index (χ0n) is 9.69. The quantitative estimate of drug-likeness (QED) is 0.641. The van der Waals surface area contributed by atoms with E-state index in [0.717, 1.165) is 5.56 Å². The Morgan fingerprint density at radius 1 is 1.33 bits per heavy atom. The fraction of sp³-hybridized carbons (Fsp3) is 0.200. The van der Waals surface area contributed by atoms with E-state index in [1.54, 1.807) is 13.8 Å². The number of nitrogens with two attached hydrogens (primary N) is 1. The van der Waals surface area contributed by atoms with Gasteiger partial charge in [0.1, 0.15) is 21.8 Å². The van der Waals surface area contributed by atoms with Crippen LogP contribution in [-0.2, 0) is 0 Å². The molecule has 0 spiro atoms. The number of aromatic nitrogens is 4. The fourth-order valence-electron chi connectivity index (χ4n) is 1.26. The van der Waals surface area contributed by atoms with Gasteiger partial charge in [0, 0.05) is 11.6 Å². The maximum absolute atomic E-state index is 11.3. The number of aromatic amines is 1. The molecule has 2 heterocycles. The Balaban J connectivity index is 2.42. The molecule has 0 aromatic carbocycles. The summed E-state index contributed by atoms with van der Waals surface area (Å²) >= 11 is 7.16. The molecule has 0 amide bonds. The lowest BCUT2D eigenvalue weighted by atomic mass is 10.4. The van der Waals surface area contributed by atoms with Gasteiger partial charge in [0.2, 0.25) is 0 Å². The fourth-order valence-corrected chi connectivity index (χ4v) is 2.44. The van der Waals surface area contributed by atoms with E-state index < -0.39 is 0 Å². The highest BCUT2D eigenvalue weighted by Crippen LogP contribution is 2.28. The smallest absolute Gasteiger partial charge is 0.253 e. The summed E-state index contributed by atoms with van der Waals surface area (Å²) in [6, 6.07) is 1.22. The van der Waals surface area contributed by atoms with E-state index in [1.165, 1.54) is 17.8 Å². The number of hydrogen-bond acceptors (Lipinski definition) is 6. The molecular formula is C10H10ClN5OS. The van der Waals surface area contributed by atoms with Gasteiger partial charge in [-0.3, -0.25) is 4.79 Å². The minimum atomic E-state index is -0.306. The first-order chi connectivity index (χ1) is 8.45. The van der Waals surface area contributed by atoms with Crippen molar-refractivity contribution < 1.29 is 0 Å². The zero-order valence-corrected chi connectivity index (χ0v) is 11.3. The van der Waals surface area contributed by atoms with E-state index in [0.29, 0.717) is 21.2 Å². The van der Waals surface area contributed by atoms with Crippen molar-refractivity contribution in [3.8, 4) is 0 Å². The number of halogens is 1. The van der Waals surface area contributed by atoms with Crippen LogP contribution < -0.4 is 11.3 Å². The normalized spacial score (nSPS) is 10.6. The molecule has 0 aliphatic carbocycles. The van der Waals surface area contributed by atoms with E-state index >= 15 is 0 Å². The van der Waals surface area contributed by atoms with Gasteiger partial charge in [-0.2, -0.15) is 0 Å². The molecule has 8 heteroatoms. The second-order valence-electron chi connectivity index (χ2n) is 3.57. The molecule has 0 aliphatic heterocycles. The summed E-state index contributed by atoms with van der Waals surface area (Å²) in [5.74, 6) is 0.718. The molecule has 2 aromatic heterocycles. The average molecular weight is 284 g/mol. The molecule has 0 atom stereocenters. The van der Waals surface area contributed by atoms with Crippen molar-refractivity contribution in [2.45, 2.75) is 24.0 Å². The molecule has 0 saturated heterocycles. The van der Waals surface area contributed by atoms with E-state index in [-0.39, 0.29) is 11.4 Å². The third-order valence-electron chi connectivity index (χ3n) is 2.09. The second kappa shape index (κ2) is 4.95. The Labute approximate surface area is 112 Å². The van der Waals surface area contributed by atoms with Gasteiger partial charge in [-0.05, 0) is 25.6 Å². The maximum Gasteiger partial charge on any atom is 0.253 e. The number of nitrogens with one attached hydrogen (secondary N) is 1. The van der Waals surface area contributed by atoms with Gasteiger partial charge in [-0.1, -0.05) is 11.6 Å². The number of nitrogen functional groups attached to an aromatic ring is 1. The Kier molecular flexibility index (Phi) is 3.53. The van der Waals surface area contributed by atoms with Crippen LogP contribution in [0.25, 0.3) is 0 Å². The van der Waals surface area contributed by atoms with Crippen LogP contribution >= 0.6 is 23.4 Å². The lowest BCUT2D eigenvalue weighted by molar-refractivity contribution is 0.912. The van der Waals surface area contributed by atoms with Gasteiger partial charge >= 0.3 is 0 Å². The van der Waals surface area contributed by atoms with Crippen LogP contribution in [0.5, 0.6) is 0 Å². The molecule has 0 fully saturated rings. The SMILES string of the molecule is Cc1nc(Cl)c(C)c(Sc2nc(N)cc(=O)[nH]2)n1. The van der Waals surface area contributed by atoms with Crippen molar-refractivity contribution in [2.24, 2.45) is 0 Å². The highest BCUT2D eigenvalue weighted by atomic mass is 35.5. The Morgan fingerprint density at radius 3 is 2.72 bits per heavy atom. The van der Waals surface area contributed by atoms with E-state index in [4.69, 9.17) is 17.3 Å². The molecule has 0 aliphatic rings. The van der Waals surface area contributed by atoms with Crippen LogP contribution in [0, 0.1) is 13.8 Å². The van der Waals surface area contributed by atoms with Crippen molar-refractivity contribution in [2.75, 3.05) is 5.73 Å². The van der Waals surface area contributed by atoms with Gasteiger partial charge in [-0.15, -0.1) is 0 Å². The lowest BCUT2D eigenvalue weighted by Crippen LogP contribution is -2.09. The first kappa shape index (κ1) is 12.8. The van der Waals surface area contributed by atoms with E-state index in [2.05, 4.69) is 19.9 Å². The molecule has 0 saturated carbocycles. The summed E-state index contributed by atoms with van der Waals surface area (Å²) < 4.78 is 0. The minimum absolute atomic E-state index is 0.163. The maximum atomic E-state index is 11.3. The summed E-state index contributed by atoms with van der Waals surface area (Å²) in [6.45, 7) is 3.54. The molecule has 94 valence electrons. The molecule has 18 heavy (non-hydrogen) atoms. The summed E-state index contributed by atoms with van der Waals surface area (Å²) in [6.07, 6.45) is 0. The number of nitrogens with zero attached hydrogens (tertiary/aromatic N) is 3. The van der Waals surface area contributed by atoms with Gasteiger partial charge in [0.05, 0.1) is 0 Å². The molecular weight excluding hydrogens is 274 g/mol. The number of H-pyrrole nitrogens is 1. The number of anilines is 1. The second-order valence-corrected chi connectivity index (χ2v) is 4.90. The lowest BCUT2D eigenvalue weighted by Gasteiger charge is -2.06. The largest absolute Gasteiger partial charge is 0.383 e. The summed E-state index contributed by atoms with van der Waals surface area (Å²) in [7, 11) is 0. The van der Waals surface area contributed by atoms with Gasteiger partial charge in [0.15, 0.2) is 5.16 Å². The van der Waals surface area contributed by atoms with E-state index in [9.17, 15) is 4.79 Å². The van der Waals surface area contributed by atoms with Crippen molar-refractivity contribution >= 4 is 29.2 Å². The van der Waals surface area contributed by atoms with Crippen LogP contribution in [0.3, 0.4) is 0 Å². The van der Waals surface area contributed by atoms with Crippen molar-refractivity contribution in [3.63, 3.8) is 0 Å². The van der Waals surface area contributed by atoms with Crippen molar-refractivity contribution in [1.29, 1.82) is 0 Å². The van der Waals surface area contributed by atoms with E-state index in [1.807, 2.05) is 0 Å². The third kappa shape index (κ3) is 2.80. The number of hydrogen-bond donors (Lipinski definition) is 2. The molecule has 0 unspecified atom stereocenters. The number of aryl methyl sites for hydroxylation is 1. The molecule has 3 N–H and O–H groups in total. The average Bonchev–Trinajstić information content (AvgIpc) is 2.23. The Morgan fingerprint density at radius 2 is 2.06 bits per heavy atom. The highest BCUT2D eigenvalue weighted by molar-refractivity contribution is 7.99. The van der Waals surface area contributed by atoms with Crippen LogP contribution in [-0.4, -0.2) is 19.9 Å². The van der Waals surface area contributed by atoms with Crippen molar-refractivity contribution in [3.05, 3.63) is 33.0 Å². The standard InChI is InChI=1S/C10H10ClN5OS/c1-4-8(11)13-5(2)14-9(4)18-10-15-6(12)3-7(17)16-10/h3H,1-2H3,(H3,12,15,16,17). The van der Waals surface area contributed by atoms with Gasteiger partial charge in [-0.25, -0.2) is 15.0 Å². The predicted molar refractivity (Wildman–Crippen MR) is 69.9 cm³/mol. The summed E-state index contributed by atoms with van der Waals surface area (Å²) in [5.41, 5.74) is 5.94. The van der Waals surface area contributed by atoms with Crippen LogP contribution in [0.2, 0.25) is 5.15 Å². The predicted octanol–water partition coefficient (Wildman–Crippen LogP) is 1.56. The zero-order chi connectivity index (χ0) is 13.3. The molecule has 0 radical (unpaired) electrons. The first-order valence-corrected chi connectivity index (χ1v) is 6.20.